The molecule has 0 aliphatic heterocycles. The number of unbranched alkanes of at least 4 members (excludes halogenated alkanes) is 13. The first kappa shape index (κ1) is 28.0. The molecule has 31 heavy (non-hydrogen) atoms. The molecule has 0 radical (unpaired) electrons. The predicted molar refractivity (Wildman–Crippen MR) is 128 cm³/mol. The van der Waals surface area contributed by atoms with E-state index in [-0.39, 0.29) is 30.9 Å². The standard InChI is InChI=1S/C27H50O4/c1-3-4-5-6-7-8-9-10-11-12-13-14-15-18-23-30-26(28)21-22-27(29)31-25-20-17-16-19-24(25)2/h24-25H,3-23H2,1-2H3. The van der Waals surface area contributed by atoms with Crippen LogP contribution in [0.2, 0.25) is 0 Å². The van der Waals surface area contributed by atoms with E-state index in [1.54, 1.807) is 0 Å². The van der Waals surface area contributed by atoms with Crippen LogP contribution in [0.1, 0.15) is 142 Å². The van der Waals surface area contributed by atoms with E-state index in [1.165, 1.54) is 83.5 Å². The maximum absolute atomic E-state index is 11.9. The zero-order valence-electron chi connectivity index (χ0n) is 20.6. The van der Waals surface area contributed by atoms with E-state index in [0.717, 1.165) is 32.1 Å². The largest absolute Gasteiger partial charge is 0.466 e. The first-order valence-corrected chi connectivity index (χ1v) is 13.5. The van der Waals surface area contributed by atoms with Crippen molar-refractivity contribution in [3.8, 4) is 0 Å². The monoisotopic (exact) mass is 438 g/mol. The topological polar surface area (TPSA) is 52.6 Å². The zero-order valence-corrected chi connectivity index (χ0v) is 20.6. The van der Waals surface area contributed by atoms with Gasteiger partial charge in [0, 0.05) is 0 Å². The minimum Gasteiger partial charge on any atom is -0.466 e. The van der Waals surface area contributed by atoms with Crippen molar-refractivity contribution < 1.29 is 19.1 Å². The van der Waals surface area contributed by atoms with Crippen molar-refractivity contribution in [2.75, 3.05) is 6.61 Å². The fraction of sp³-hybridized carbons (Fsp3) is 0.926. The van der Waals surface area contributed by atoms with Gasteiger partial charge in [-0.2, -0.15) is 0 Å². The van der Waals surface area contributed by atoms with Crippen LogP contribution in [-0.2, 0) is 19.1 Å². The molecule has 0 heterocycles. The number of hydrogen-bond acceptors (Lipinski definition) is 4. The van der Waals surface area contributed by atoms with Crippen molar-refractivity contribution >= 4 is 11.9 Å². The van der Waals surface area contributed by atoms with Gasteiger partial charge in [-0.1, -0.05) is 104 Å². The third-order valence-corrected chi connectivity index (χ3v) is 6.61. The normalized spacial score (nSPS) is 18.6. The summed E-state index contributed by atoms with van der Waals surface area (Å²) >= 11 is 0. The molecule has 0 spiro atoms. The summed E-state index contributed by atoms with van der Waals surface area (Å²) in [4.78, 5) is 23.8. The van der Waals surface area contributed by atoms with Crippen LogP contribution < -0.4 is 0 Å². The molecular formula is C27H50O4. The molecule has 1 aliphatic carbocycles. The number of carbonyl (C=O) groups is 2. The van der Waals surface area contributed by atoms with E-state index < -0.39 is 0 Å². The Labute approximate surface area is 192 Å². The molecule has 0 amide bonds. The summed E-state index contributed by atoms with van der Waals surface area (Å²) in [5.41, 5.74) is 0. The predicted octanol–water partition coefficient (Wildman–Crippen LogP) is 7.91. The van der Waals surface area contributed by atoms with E-state index in [4.69, 9.17) is 9.47 Å². The van der Waals surface area contributed by atoms with E-state index in [1.807, 2.05) is 0 Å². The van der Waals surface area contributed by atoms with E-state index in [2.05, 4.69) is 13.8 Å². The highest BCUT2D eigenvalue weighted by atomic mass is 16.5. The molecule has 0 saturated heterocycles. The summed E-state index contributed by atoms with van der Waals surface area (Å²) < 4.78 is 10.8. The molecule has 0 aromatic heterocycles. The van der Waals surface area contributed by atoms with Crippen LogP contribution >= 0.6 is 0 Å². The number of rotatable bonds is 19. The van der Waals surface area contributed by atoms with Gasteiger partial charge in [0.2, 0.25) is 0 Å². The third-order valence-electron chi connectivity index (χ3n) is 6.61. The van der Waals surface area contributed by atoms with Gasteiger partial charge in [0.05, 0.1) is 19.4 Å². The fourth-order valence-corrected chi connectivity index (χ4v) is 4.44. The SMILES string of the molecule is CCCCCCCCCCCCCCCCOC(=O)CCC(=O)OC1CCCCC1C. The maximum Gasteiger partial charge on any atom is 0.306 e. The summed E-state index contributed by atoms with van der Waals surface area (Å²) in [5, 5.41) is 0. The van der Waals surface area contributed by atoms with E-state index in [0.29, 0.717) is 12.5 Å². The van der Waals surface area contributed by atoms with Crippen molar-refractivity contribution in [3.63, 3.8) is 0 Å². The third kappa shape index (κ3) is 16.3. The Balaban J connectivity index is 1.82. The fourth-order valence-electron chi connectivity index (χ4n) is 4.44. The molecule has 4 heteroatoms. The van der Waals surface area contributed by atoms with Crippen LogP contribution in [0, 0.1) is 5.92 Å². The molecule has 1 fully saturated rings. The Kier molecular flexibility index (Phi) is 17.7. The zero-order chi connectivity index (χ0) is 22.6. The molecule has 2 atom stereocenters. The molecule has 1 saturated carbocycles. The molecule has 1 aliphatic rings. The summed E-state index contributed by atoms with van der Waals surface area (Å²) in [7, 11) is 0. The van der Waals surface area contributed by atoms with Crippen LogP contribution in [0.4, 0.5) is 0 Å². The Morgan fingerprint density at radius 1 is 0.677 bits per heavy atom. The Bertz CT molecular complexity index is 449. The molecule has 0 aromatic rings. The quantitative estimate of drug-likeness (QED) is 0.152. The molecule has 0 bridgehead atoms. The maximum atomic E-state index is 11.9. The Morgan fingerprint density at radius 2 is 1.16 bits per heavy atom. The van der Waals surface area contributed by atoms with Gasteiger partial charge in [0.15, 0.2) is 0 Å². The van der Waals surface area contributed by atoms with Gasteiger partial charge >= 0.3 is 11.9 Å². The number of esters is 2. The van der Waals surface area contributed by atoms with Crippen LogP contribution in [0.5, 0.6) is 0 Å². The van der Waals surface area contributed by atoms with Crippen LogP contribution in [0.15, 0.2) is 0 Å². The second-order valence-electron chi connectivity index (χ2n) is 9.61. The number of ether oxygens (including phenoxy) is 2. The Morgan fingerprint density at radius 3 is 1.71 bits per heavy atom. The van der Waals surface area contributed by atoms with E-state index >= 15 is 0 Å². The lowest BCUT2D eigenvalue weighted by Gasteiger charge is -2.28. The highest BCUT2D eigenvalue weighted by molar-refractivity contribution is 5.77. The number of carbonyl (C=O) groups excluding carboxylic acids is 2. The van der Waals surface area contributed by atoms with Gasteiger partial charge < -0.3 is 9.47 Å². The summed E-state index contributed by atoms with van der Waals surface area (Å²) in [6.45, 7) is 4.89. The average molecular weight is 439 g/mol. The summed E-state index contributed by atoms with van der Waals surface area (Å²) in [6, 6.07) is 0. The average Bonchev–Trinajstić information content (AvgIpc) is 2.76. The molecule has 0 aromatic carbocycles. The summed E-state index contributed by atoms with van der Waals surface area (Å²) in [6.07, 6.45) is 23.2. The number of hydrogen-bond donors (Lipinski definition) is 0. The second kappa shape index (κ2) is 19.6. The first-order valence-electron chi connectivity index (χ1n) is 13.5. The van der Waals surface area contributed by atoms with Crippen molar-refractivity contribution in [2.24, 2.45) is 5.92 Å². The Hall–Kier alpha value is -1.06. The minimum atomic E-state index is -0.275. The van der Waals surface area contributed by atoms with Crippen LogP contribution in [0.3, 0.4) is 0 Å². The molecule has 4 nitrogen and oxygen atoms in total. The molecule has 2 unspecified atom stereocenters. The van der Waals surface area contributed by atoms with Gasteiger partial charge in [-0.15, -0.1) is 0 Å². The van der Waals surface area contributed by atoms with Gasteiger partial charge in [-0.05, 0) is 31.6 Å². The molecular weight excluding hydrogens is 388 g/mol. The molecule has 0 N–H and O–H groups in total. The minimum absolute atomic E-state index is 0.0350. The van der Waals surface area contributed by atoms with Crippen LogP contribution in [-0.4, -0.2) is 24.6 Å². The van der Waals surface area contributed by atoms with Gasteiger partial charge in [-0.3, -0.25) is 9.59 Å². The van der Waals surface area contributed by atoms with Gasteiger partial charge in [0.1, 0.15) is 6.10 Å². The lowest BCUT2D eigenvalue weighted by Crippen LogP contribution is -2.28. The van der Waals surface area contributed by atoms with Crippen LogP contribution in [0.25, 0.3) is 0 Å². The highest BCUT2D eigenvalue weighted by Crippen LogP contribution is 2.26. The van der Waals surface area contributed by atoms with Crippen molar-refractivity contribution in [3.05, 3.63) is 0 Å². The van der Waals surface area contributed by atoms with E-state index in [9.17, 15) is 9.59 Å². The molecule has 182 valence electrons. The first-order chi connectivity index (χ1) is 15.1. The summed E-state index contributed by atoms with van der Waals surface area (Å²) in [5.74, 6) is -0.0968. The lowest BCUT2D eigenvalue weighted by atomic mass is 9.88. The molecule has 1 rings (SSSR count). The van der Waals surface area contributed by atoms with Gasteiger partial charge in [0.25, 0.3) is 0 Å². The van der Waals surface area contributed by atoms with Crippen molar-refractivity contribution in [1.82, 2.24) is 0 Å². The lowest BCUT2D eigenvalue weighted by molar-refractivity contribution is -0.156. The van der Waals surface area contributed by atoms with Crippen molar-refractivity contribution in [1.29, 1.82) is 0 Å². The highest BCUT2D eigenvalue weighted by Gasteiger charge is 2.24. The van der Waals surface area contributed by atoms with Gasteiger partial charge in [-0.25, -0.2) is 0 Å². The smallest absolute Gasteiger partial charge is 0.306 e. The van der Waals surface area contributed by atoms with Crippen molar-refractivity contribution in [2.45, 2.75) is 148 Å². The second-order valence-corrected chi connectivity index (χ2v) is 9.61.